The first-order valence-electron chi connectivity index (χ1n) is 5.86. The first-order valence-corrected chi connectivity index (χ1v) is 5.86. The predicted octanol–water partition coefficient (Wildman–Crippen LogP) is -0.240. The van der Waals surface area contributed by atoms with E-state index in [9.17, 15) is 9.59 Å². The zero-order valence-electron chi connectivity index (χ0n) is 9.57. The van der Waals surface area contributed by atoms with Crippen LogP contribution in [0.5, 0.6) is 0 Å². The molecule has 90 valence electrons. The van der Waals surface area contributed by atoms with Crippen molar-refractivity contribution in [3.05, 3.63) is 0 Å². The molecule has 2 saturated heterocycles. The van der Waals surface area contributed by atoms with Crippen molar-refractivity contribution in [3.8, 4) is 0 Å². The van der Waals surface area contributed by atoms with Gasteiger partial charge in [-0.3, -0.25) is 9.59 Å². The Morgan fingerprint density at radius 1 is 1.50 bits per heavy atom. The highest BCUT2D eigenvalue weighted by Gasteiger charge is 2.32. The molecule has 0 saturated carbocycles. The van der Waals surface area contributed by atoms with E-state index >= 15 is 0 Å². The van der Waals surface area contributed by atoms with Crippen LogP contribution < -0.4 is 5.32 Å². The van der Waals surface area contributed by atoms with Crippen LogP contribution in [-0.2, 0) is 14.3 Å². The molecule has 0 bridgehead atoms. The third-order valence-corrected chi connectivity index (χ3v) is 3.33. The maximum absolute atomic E-state index is 11.6. The molecule has 5 nitrogen and oxygen atoms in total. The molecule has 0 aliphatic carbocycles. The van der Waals surface area contributed by atoms with Crippen LogP contribution >= 0.6 is 0 Å². The van der Waals surface area contributed by atoms with E-state index < -0.39 is 0 Å². The molecule has 5 heteroatoms. The van der Waals surface area contributed by atoms with Crippen LogP contribution in [0.15, 0.2) is 0 Å². The van der Waals surface area contributed by atoms with Crippen LogP contribution in [0.2, 0.25) is 0 Å². The summed E-state index contributed by atoms with van der Waals surface area (Å²) in [5.74, 6) is 0.341. The first kappa shape index (κ1) is 11.4. The van der Waals surface area contributed by atoms with E-state index in [1.165, 1.54) is 0 Å². The van der Waals surface area contributed by atoms with Gasteiger partial charge in [-0.15, -0.1) is 0 Å². The minimum Gasteiger partial charge on any atom is -0.378 e. The number of ether oxygens (including phenoxy) is 1. The summed E-state index contributed by atoms with van der Waals surface area (Å²) in [7, 11) is 0. The van der Waals surface area contributed by atoms with E-state index in [2.05, 4.69) is 12.2 Å². The van der Waals surface area contributed by atoms with E-state index in [1.807, 2.05) is 0 Å². The van der Waals surface area contributed by atoms with Gasteiger partial charge < -0.3 is 15.0 Å². The molecule has 2 heterocycles. The van der Waals surface area contributed by atoms with E-state index in [0.29, 0.717) is 12.5 Å². The molecule has 2 aliphatic rings. The lowest BCUT2D eigenvalue weighted by atomic mass is 9.98. The second-order valence-corrected chi connectivity index (χ2v) is 4.42. The summed E-state index contributed by atoms with van der Waals surface area (Å²) < 4.78 is 5.58. The summed E-state index contributed by atoms with van der Waals surface area (Å²) in [5.41, 5.74) is 0. The summed E-state index contributed by atoms with van der Waals surface area (Å²) in [4.78, 5) is 24.5. The normalized spacial score (nSPS) is 30.7. The Morgan fingerprint density at radius 3 is 3.06 bits per heavy atom. The van der Waals surface area contributed by atoms with Crippen molar-refractivity contribution < 1.29 is 14.3 Å². The Balaban J connectivity index is 1.92. The van der Waals surface area contributed by atoms with Crippen molar-refractivity contribution in [1.29, 1.82) is 0 Å². The third kappa shape index (κ3) is 2.35. The van der Waals surface area contributed by atoms with E-state index in [4.69, 9.17) is 4.74 Å². The monoisotopic (exact) mass is 226 g/mol. The van der Waals surface area contributed by atoms with Gasteiger partial charge in [0, 0.05) is 19.1 Å². The number of nitrogens with one attached hydrogen (secondary N) is 1. The van der Waals surface area contributed by atoms with Crippen LogP contribution in [0, 0.1) is 5.92 Å². The summed E-state index contributed by atoms with van der Waals surface area (Å²) >= 11 is 0. The van der Waals surface area contributed by atoms with Crippen molar-refractivity contribution in [2.45, 2.75) is 25.9 Å². The van der Waals surface area contributed by atoms with Crippen molar-refractivity contribution in [2.24, 2.45) is 5.92 Å². The minimum atomic E-state index is -0.0634. The van der Waals surface area contributed by atoms with Crippen molar-refractivity contribution in [3.63, 3.8) is 0 Å². The zero-order chi connectivity index (χ0) is 11.5. The van der Waals surface area contributed by atoms with Gasteiger partial charge in [0.1, 0.15) is 0 Å². The maximum atomic E-state index is 11.6. The van der Waals surface area contributed by atoms with Crippen molar-refractivity contribution in [1.82, 2.24) is 10.2 Å². The summed E-state index contributed by atoms with van der Waals surface area (Å²) in [6.45, 7) is 3.87. The van der Waals surface area contributed by atoms with E-state index in [1.54, 1.807) is 4.90 Å². The van der Waals surface area contributed by atoms with Crippen LogP contribution in [0.25, 0.3) is 0 Å². The second kappa shape index (κ2) is 4.82. The Bertz CT molecular complexity index is 293. The van der Waals surface area contributed by atoms with Gasteiger partial charge in [0.25, 0.3) is 0 Å². The lowest BCUT2D eigenvalue weighted by Crippen LogP contribution is -2.53. The van der Waals surface area contributed by atoms with Crippen LogP contribution in [0.4, 0.5) is 0 Å². The molecule has 16 heavy (non-hydrogen) atoms. The number of piperazine rings is 1. The number of carbonyl (C=O) groups is 2. The number of nitrogens with zero attached hydrogens (tertiary/aromatic N) is 1. The van der Waals surface area contributed by atoms with Gasteiger partial charge >= 0.3 is 0 Å². The highest BCUT2D eigenvalue weighted by Crippen LogP contribution is 2.24. The van der Waals surface area contributed by atoms with Gasteiger partial charge in [0.05, 0.1) is 19.2 Å². The fourth-order valence-corrected chi connectivity index (χ4v) is 2.41. The second-order valence-electron chi connectivity index (χ2n) is 4.42. The molecule has 0 aromatic heterocycles. The molecule has 1 N–H and O–H groups in total. The average Bonchev–Trinajstić information content (AvgIpc) is 2.71. The standard InChI is InChI=1S/C11H18N2O3/c1-2-9-8(3-4-16-9)6-13-7-10(14)12-5-11(13)15/h8-9H,2-7H2,1H3,(H,12,14). The summed E-state index contributed by atoms with van der Waals surface area (Å²) in [6, 6.07) is 0. The van der Waals surface area contributed by atoms with Gasteiger partial charge in [-0.25, -0.2) is 0 Å². The molecular formula is C11H18N2O3. The molecule has 0 aromatic carbocycles. The van der Waals surface area contributed by atoms with Crippen LogP contribution in [-0.4, -0.2) is 49.1 Å². The fraction of sp³-hybridized carbons (Fsp3) is 0.818. The van der Waals surface area contributed by atoms with Gasteiger partial charge in [-0.2, -0.15) is 0 Å². The first-order chi connectivity index (χ1) is 7.70. The predicted molar refractivity (Wildman–Crippen MR) is 57.7 cm³/mol. The molecule has 0 radical (unpaired) electrons. The van der Waals surface area contributed by atoms with Gasteiger partial charge in [0.2, 0.25) is 11.8 Å². The van der Waals surface area contributed by atoms with Crippen LogP contribution in [0.3, 0.4) is 0 Å². The molecule has 0 spiro atoms. The Morgan fingerprint density at radius 2 is 2.31 bits per heavy atom. The third-order valence-electron chi connectivity index (χ3n) is 3.33. The number of hydrogen-bond donors (Lipinski definition) is 1. The molecular weight excluding hydrogens is 208 g/mol. The van der Waals surface area contributed by atoms with E-state index in [0.717, 1.165) is 19.4 Å². The van der Waals surface area contributed by atoms with Gasteiger partial charge in [0.15, 0.2) is 0 Å². The highest BCUT2D eigenvalue weighted by molar-refractivity contribution is 5.92. The minimum absolute atomic E-state index is 0.0151. The molecule has 2 amide bonds. The lowest BCUT2D eigenvalue weighted by molar-refractivity contribution is -0.141. The Hall–Kier alpha value is -1.10. The summed E-state index contributed by atoms with van der Waals surface area (Å²) in [6.07, 6.45) is 2.21. The smallest absolute Gasteiger partial charge is 0.242 e. The SMILES string of the molecule is CCC1OCCC1CN1CC(=O)NCC1=O. The van der Waals surface area contributed by atoms with Crippen LogP contribution in [0.1, 0.15) is 19.8 Å². The number of carbonyl (C=O) groups excluding carboxylic acids is 2. The zero-order valence-corrected chi connectivity index (χ0v) is 9.57. The average molecular weight is 226 g/mol. The number of amides is 2. The highest BCUT2D eigenvalue weighted by atomic mass is 16.5. The topological polar surface area (TPSA) is 58.6 Å². The molecule has 2 fully saturated rings. The van der Waals surface area contributed by atoms with E-state index in [-0.39, 0.29) is 31.0 Å². The van der Waals surface area contributed by atoms with Crippen molar-refractivity contribution >= 4 is 11.8 Å². The maximum Gasteiger partial charge on any atom is 0.242 e. The van der Waals surface area contributed by atoms with Crippen molar-refractivity contribution in [2.75, 3.05) is 26.2 Å². The molecule has 2 unspecified atom stereocenters. The molecule has 0 aromatic rings. The fourth-order valence-electron chi connectivity index (χ4n) is 2.41. The number of rotatable bonds is 3. The molecule has 2 rings (SSSR count). The number of hydrogen-bond acceptors (Lipinski definition) is 3. The summed E-state index contributed by atoms with van der Waals surface area (Å²) in [5, 5.41) is 2.55. The lowest BCUT2D eigenvalue weighted by Gasteiger charge is -2.30. The molecule has 2 atom stereocenters. The largest absolute Gasteiger partial charge is 0.378 e. The van der Waals surface area contributed by atoms with Gasteiger partial charge in [-0.1, -0.05) is 6.92 Å². The molecule has 2 aliphatic heterocycles. The van der Waals surface area contributed by atoms with Gasteiger partial charge in [-0.05, 0) is 12.8 Å². The Labute approximate surface area is 95.1 Å². The Kier molecular flexibility index (Phi) is 3.43. The quantitative estimate of drug-likeness (QED) is 0.722.